The molecule has 0 unspecified atom stereocenters. The van der Waals surface area contributed by atoms with Crippen LogP contribution in [0.25, 0.3) is 0 Å². The van der Waals surface area contributed by atoms with Gasteiger partial charge in [0.1, 0.15) is 18.9 Å². The summed E-state index contributed by atoms with van der Waals surface area (Å²) in [6.45, 7) is 11.9. The van der Waals surface area contributed by atoms with Crippen molar-refractivity contribution in [2.45, 2.75) is 34.6 Å². The molecule has 0 bridgehead atoms. The first kappa shape index (κ1) is 23.5. The van der Waals surface area contributed by atoms with Gasteiger partial charge in [-0.25, -0.2) is 0 Å². The maximum atomic E-state index is 10.4. The standard InChI is InChI=1S/C12H18N2O3.C4H10.C2H6/c1-14(2)6-7-17-11-5-3-4-10(8-11)13-9-12(15)16;1-4(2)3;1-2/h3-5,8,13H,6-7,9H2,1-2H3,(H,15,16);4H,1-3H3;1-2H3. The number of nitrogens with zero attached hydrogens (tertiary/aromatic N) is 1. The van der Waals surface area contributed by atoms with Crippen molar-refractivity contribution in [2.24, 2.45) is 5.92 Å². The van der Waals surface area contributed by atoms with Gasteiger partial charge in [-0.3, -0.25) is 4.79 Å². The number of anilines is 1. The highest BCUT2D eigenvalue weighted by Gasteiger charge is 1.99. The highest BCUT2D eigenvalue weighted by Crippen LogP contribution is 2.16. The van der Waals surface area contributed by atoms with Gasteiger partial charge in [-0.05, 0) is 32.1 Å². The third kappa shape index (κ3) is 18.2. The number of ether oxygens (including phenoxy) is 1. The number of benzene rings is 1. The number of hydrogen-bond donors (Lipinski definition) is 2. The van der Waals surface area contributed by atoms with Crippen molar-refractivity contribution in [3.8, 4) is 5.75 Å². The summed E-state index contributed by atoms with van der Waals surface area (Å²) in [6.07, 6.45) is 0. The predicted molar refractivity (Wildman–Crippen MR) is 98.5 cm³/mol. The van der Waals surface area contributed by atoms with Crippen molar-refractivity contribution in [3.05, 3.63) is 24.3 Å². The Hall–Kier alpha value is -1.75. The van der Waals surface area contributed by atoms with Gasteiger partial charge in [0.25, 0.3) is 0 Å². The predicted octanol–water partition coefficient (Wildman–Crippen LogP) is 3.81. The molecule has 0 radical (unpaired) electrons. The van der Waals surface area contributed by atoms with Crippen LogP contribution in [0.2, 0.25) is 0 Å². The van der Waals surface area contributed by atoms with E-state index in [1.54, 1.807) is 6.07 Å². The fourth-order valence-corrected chi connectivity index (χ4v) is 1.22. The van der Waals surface area contributed by atoms with Crippen LogP contribution in [0.4, 0.5) is 5.69 Å². The average molecular weight is 326 g/mol. The maximum absolute atomic E-state index is 10.4. The minimum Gasteiger partial charge on any atom is -0.492 e. The summed E-state index contributed by atoms with van der Waals surface area (Å²) in [4.78, 5) is 12.4. The summed E-state index contributed by atoms with van der Waals surface area (Å²) in [6, 6.07) is 7.27. The normalized spacial score (nSPS) is 9.43. The second kappa shape index (κ2) is 15.2. The zero-order valence-corrected chi connectivity index (χ0v) is 15.7. The molecule has 1 aromatic carbocycles. The van der Waals surface area contributed by atoms with E-state index in [1.165, 1.54) is 0 Å². The highest BCUT2D eigenvalue weighted by molar-refractivity contribution is 5.72. The minimum atomic E-state index is -0.885. The number of aliphatic carboxylic acids is 1. The molecule has 1 aromatic rings. The Morgan fingerprint density at radius 3 is 2.30 bits per heavy atom. The molecule has 5 heteroatoms. The van der Waals surface area contributed by atoms with Gasteiger partial charge in [0.15, 0.2) is 0 Å². The minimum absolute atomic E-state index is 0.0961. The Bertz CT molecular complexity index is 404. The molecule has 0 saturated heterocycles. The molecule has 0 aliphatic rings. The molecule has 23 heavy (non-hydrogen) atoms. The van der Waals surface area contributed by atoms with Crippen LogP contribution in [0, 0.1) is 5.92 Å². The molecular weight excluding hydrogens is 292 g/mol. The molecule has 0 saturated carbocycles. The van der Waals surface area contributed by atoms with Gasteiger partial charge in [0.2, 0.25) is 0 Å². The maximum Gasteiger partial charge on any atom is 0.322 e. The number of nitrogens with one attached hydrogen (secondary N) is 1. The van der Waals surface area contributed by atoms with Crippen molar-refractivity contribution in [1.29, 1.82) is 0 Å². The molecule has 0 fully saturated rings. The van der Waals surface area contributed by atoms with E-state index in [-0.39, 0.29) is 6.54 Å². The lowest BCUT2D eigenvalue weighted by Gasteiger charge is -2.12. The summed E-state index contributed by atoms with van der Waals surface area (Å²) in [5.74, 6) is 0.686. The van der Waals surface area contributed by atoms with Gasteiger partial charge in [-0.1, -0.05) is 40.7 Å². The lowest BCUT2D eigenvalue weighted by atomic mass is 10.3. The summed E-state index contributed by atoms with van der Waals surface area (Å²) in [7, 11) is 3.96. The van der Waals surface area contributed by atoms with Crippen LogP contribution in [-0.4, -0.2) is 49.8 Å². The Labute approximate surface area is 141 Å². The first-order valence-corrected chi connectivity index (χ1v) is 8.14. The monoisotopic (exact) mass is 326 g/mol. The molecular formula is C18H34N2O3. The van der Waals surface area contributed by atoms with Crippen LogP contribution in [0.5, 0.6) is 5.75 Å². The van der Waals surface area contributed by atoms with E-state index < -0.39 is 5.97 Å². The second-order valence-electron chi connectivity index (χ2n) is 5.66. The van der Waals surface area contributed by atoms with E-state index in [1.807, 2.05) is 51.0 Å². The quantitative estimate of drug-likeness (QED) is 0.798. The van der Waals surface area contributed by atoms with Crippen molar-refractivity contribution in [2.75, 3.05) is 39.1 Å². The molecule has 0 amide bonds. The molecule has 0 aliphatic heterocycles. The fraction of sp³-hybridized carbons (Fsp3) is 0.611. The van der Waals surface area contributed by atoms with E-state index in [9.17, 15) is 4.79 Å². The zero-order chi connectivity index (χ0) is 18.3. The summed E-state index contributed by atoms with van der Waals surface area (Å²) in [5, 5.41) is 11.3. The lowest BCUT2D eigenvalue weighted by molar-refractivity contribution is -0.134. The number of hydrogen-bond acceptors (Lipinski definition) is 4. The number of rotatable bonds is 7. The molecule has 0 atom stereocenters. The van der Waals surface area contributed by atoms with Gasteiger partial charge in [0.05, 0.1) is 0 Å². The number of carboxylic acids is 1. The fourth-order valence-electron chi connectivity index (χ4n) is 1.22. The molecule has 0 heterocycles. The molecule has 2 N–H and O–H groups in total. The summed E-state index contributed by atoms with van der Waals surface area (Å²) >= 11 is 0. The van der Waals surface area contributed by atoms with Gasteiger partial charge < -0.3 is 20.1 Å². The molecule has 0 aromatic heterocycles. The molecule has 134 valence electrons. The first-order chi connectivity index (χ1) is 10.8. The van der Waals surface area contributed by atoms with E-state index in [0.29, 0.717) is 6.61 Å². The Morgan fingerprint density at radius 1 is 1.26 bits per heavy atom. The van der Waals surface area contributed by atoms with E-state index in [0.717, 1.165) is 23.9 Å². The van der Waals surface area contributed by atoms with E-state index in [4.69, 9.17) is 9.84 Å². The van der Waals surface area contributed by atoms with E-state index in [2.05, 4.69) is 26.1 Å². The average Bonchev–Trinajstić information content (AvgIpc) is 2.47. The number of carbonyl (C=O) groups is 1. The lowest BCUT2D eigenvalue weighted by Crippen LogP contribution is -2.19. The first-order valence-electron chi connectivity index (χ1n) is 8.14. The molecule has 5 nitrogen and oxygen atoms in total. The van der Waals surface area contributed by atoms with Crippen molar-refractivity contribution >= 4 is 11.7 Å². The van der Waals surface area contributed by atoms with Crippen LogP contribution in [-0.2, 0) is 4.79 Å². The van der Waals surface area contributed by atoms with Crippen LogP contribution in [0.15, 0.2) is 24.3 Å². The topological polar surface area (TPSA) is 61.8 Å². The third-order valence-corrected chi connectivity index (χ3v) is 2.09. The van der Waals surface area contributed by atoms with Crippen LogP contribution in [0.3, 0.4) is 0 Å². The largest absolute Gasteiger partial charge is 0.492 e. The molecule has 0 aliphatic carbocycles. The number of likely N-dealkylation sites (N-methyl/N-ethyl adjacent to an activating group) is 1. The van der Waals surface area contributed by atoms with Gasteiger partial charge in [-0.2, -0.15) is 0 Å². The second-order valence-corrected chi connectivity index (χ2v) is 5.66. The van der Waals surface area contributed by atoms with Crippen molar-refractivity contribution in [1.82, 2.24) is 4.90 Å². The SMILES string of the molecule is CC.CC(C)C.CN(C)CCOc1cccc(NCC(=O)O)c1. The van der Waals surface area contributed by atoms with Crippen LogP contribution >= 0.6 is 0 Å². The van der Waals surface area contributed by atoms with Crippen molar-refractivity contribution < 1.29 is 14.6 Å². The number of carboxylic acid groups (broad SMARTS) is 1. The van der Waals surface area contributed by atoms with Crippen LogP contribution < -0.4 is 10.1 Å². The third-order valence-electron chi connectivity index (χ3n) is 2.09. The Balaban J connectivity index is 0. The highest BCUT2D eigenvalue weighted by atomic mass is 16.5. The van der Waals surface area contributed by atoms with Crippen LogP contribution in [0.1, 0.15) is 34.6 Å². The summed E-state index contributed by atoms with van der Waals surface area (Å²) in [5.41, 5.74) is 0.745. The summed E-state index contributed by atoms with van der Waals surface area (Å²) < 4.78 is 5.54. The van der Waals surface area contributed by atoms with Crippen molar-refractivity contribution in [3.63, 3.8) is 0 Å². The van der Waals surface area contributed by atoms with Gasteiger partial charge in [-0.15, -0.1) is 0 Å². The smallest absolute Gasteiger partial charge is 0.322 e. The van der Waals surface area contributed by atoms with Gasteiger partial charge >= 0.3 is 5.97 Å². The van der Waals surface area contributed by atoms with E-state index >= 15 is 0 Å². The Morgan fingerprint density at radius 2 is 1.83 bits per heavy atom. The van der Waals surface area contributed by atoms with Gasteiger partial charge in [0, 0.05) is 18.3 Å². The Kier molecular flexibility index (Phi) is 15.5. The molecule has 0 spiro atoms. The molecule has 1 rings (SSSR count). The zero-order valence-electron chi connectivity index (χ0n) is 15.7.